The summed E-state index contributed by atoms with van der Waals surface area (Å²) < 4.78 is 2.09. The van der Waals surface area contributed by atoms with Gasteiger partial charge in [0.2, 0.25) is 0 Å². The lowest BCUT2D eigenvalue weighted by Crippen LogP contribution is -2.38. The van der Waals surface area contributed by atoms with Crippen LogP contribution in [0.5, 0.6) is 0 Å². The fourth-order valence-corrected chi connectivity index (χ4v) is 5.81. The molecule has 6 nitrogen and oxygen atoms in total. The highest BCUT2D eigenvalue weighted by molar-refractivity contribution is 8.26. The third-order valence-corrected chi connectivity index (χ3v) is 8.04. The first-order chi connectivity index (χ1) is 16.3. The summed E-state index contributed by atoms with van der Waals surface area (Å²) in [7, 11) is 1.71. The number of thioether (sulfide) groups is 1. The molecule has 0 aliphatic carbocycles. The van der Waals surface area contributed by atoms with Gasteiger partial charge in [0.15, 0.2) is 0 Å². The van der Waals surface area contributed by atoms with Crippen LogP contribution in [0.4, 0.5) is 5.82 Å². The molecule has 1 amide bonds. The van der Waals surface area contributed by atoms with E-state index < -0.39 is 0 Å². The first kappa shape index (κ1) is 24.2. The van der Waals surface area contributed by atoms with Crippen molar-refractivity contribution in [1.82, 2.24) is 9.47 Å². The van der Waals surface area contributed by atoms with Gasteiger partial charge in [-0.15, -0.1) is 0 Å². The van der Waals surface area contributed by atoms with Gasteiger partial charge in [-0.1, -0.05) is 61.2 Å². The van der Waals surface area contributed by atoms with Crippen molar-refractivity contribution in [3.05, 3.63) is 67.8 Å². The van der Waals surface area contributed by atoms with Crippen molar-refractivity contribution in [3.8, 4) is 6.07 Å². The Kier molecular flexibility index (Phi) is 7.24. The van der Waals surface area contributed by atoms with Crippen LogP contribution in [0.15, 0.2) is 40.0 Å². The number of rotatable bonds is 5. The van der Waals surface area contributed by atoms with E-state index in [4.69, 9.17) is 12.2 Å². The predicted octanol–water partition coefficient (Wildman–Crippen LogP) is 4.25. The Labute approximate surface area is 209 Å². The minimum absolute atomic E-state index is 0.113. The number of hydrogen-bond acceptors (Lipinski definition) is 6. The number of aromatic nitrogens is 1. The Morgan fingerprint density at radius 3 is 2.53 bits per heavy atom. The van der Waals surface area contributed by atoms with E-state index in [0.717, 1.165) is 49.3 Å². The number of amides is 1. The smallest absolute Gasteiger partial charge is 0.270 e. The Morgan fingerprint density at radius 1 is 1.21 bits per heavy atom. The summed E-state index contributed by atoms with van der Waals surface area (Å²) in [5.74, 6) is 1.27. The molecule has 0 atom stereocenters. The van der Waals surface area contributed by atoms with E-state index in [2.05, 4.69) is 17.9 Å². The first-order valence-corrected chi connectivity index (χ1v) is 12.7. The number of piperidine rings is 1. The molecule has 176 valence electrons. The number of nitriles is 1. The highest BCUT2D eigenvalue weighted by Gasteiger charge is 2.33. The molecule has 2 aromatic rings. The van der Waals surface area contributed by atoms with Gasteiger partial charge in [0, 0.05) is 32.2 Å². The third kappa shape index (κ3) is 4.68. The summed E-state index contributed by atoms with van der Waals surface area (Å²) in [5.41, 5.74) is 2.31. The van der Waals surface area contributed by atoms with Gasteiger partial charge in [0.25, 0.3) is 11.5 Å². The second-order valence-corrected chi connectivity index (χ2v) is 10.6. The van der Waals surface area contributed by atoms with Crippen LogP contribution in [0.1, 0.15) is 42.0 Å². The maximum atomic E-state index is 13.3. The molecule has 0 saturated carbocycles. The zero-order chi connectivity index (χ0) is 24.4. The lowest BCUT2D eigenvalue weighted by molar-refractivity contribution is -0.122. The molecule has 3 heterocycles. The van der Waals surface area contributed by atoms with E-state index in [1.165, 1.54) is 11.8 Å². The van der Waals surface area contributed by atoms with Crippen LogP contribution in [-0.2, 0) is 18.3 Å². The minimum Gasteiger partial charge on any atom is -0.357 e. The van der Waals surface area contributed by atoms with Gasteiger partial charge in [-0.05, 0) is 49.3 Å². The molecule has 0 spiro atoms. The average molecular weight is 493 g/mol. The number of pyridine rings is 1. The van der Waals surface area contributed by atoms with Crippen LogP contribution in [-0.4, -0.2) is 39.3 Å². The topological polar surface area (TPSA) is 69.3 Å². The molecule has 0 radical (unpaired) electrons. The number of benzene rings is 1. The Hall–Kier alpha value is -2.89. The molecule has 2 saturated heterocycles. The second kappa shape index (κ2) is 10.2. The van der Waals surface area contributed by atoms with Crippen molar-refractivity contribution in [2.45, 2.75) is 33.1 Å². The van der Waals surface area contributed by atoms with E-state index in [-0.39, 0.29) is 17.0 Å². The lowest BCUT2D eigenvalue weighted by Gasteiger charge is -2.34. The number of carbonyl (C=O) groups is 1. The second-order valence-electron chi connectivity index (χ2n) is 8.95. The van der Waals surface area contributed by atoms with Gasteiger partial charge in [-0.25, -0.2) is 0 Å². The lowest BCUT2D eigenvalue weighted by atomic mass is 9.97. The van der Waals surface area contributed by atoms with Crippen molar-refractivity contribution in [1.29, 1.82) is 5.26 Å². The standard InChI is InChI=1S/C26H28N4O2S2/c1-17-9-12-29(13-10-17)23-20(18(2)21(16-27)24(31)28(23)3)15-22-25(32)30(26(33)34-22)14-11-19-7-5-4-6-8-19/h4-8,15,17H,9-14H2,1-3H3/b22-15-. The molecule has 2 aliphatic rings. The Morgan fingerprint density at radius 2 is 1.88 bits per heavy atom. The molecule has 4 rings (SSSR count). The Bertz CT molecular complexity index is 1250. The molecule has 2 aliphatic heterocycles. The van der Waals surface area contributed by atoms with Crippen LogP contribution in [0, 0.1) is 24.2 Å². The van der Waals surface area contributed by atoms with Gasteiger partial charge < -0.3 is 4.90 Å². The fourth-order valence-electron chi connectivity index (χ4n) is 4.52. The van der Waals surface area contributed by atoms with Crippen molar-refractivity contribution in [2.24, 2.45) is 13.0 Å². The fraction of sp³-hybridized carbons (Fsp3) is 0.385. The summed E-state index contributed by atoms with van der Waals surface area (Å²) in [6, 6.07) is 12.1. The summed E-state index contributed by atoms with van der Waals surface area (Å²) in [6.45, 7) is 6.20. The van der Waals surface area contributed by atoms with Crippen molar-refractivity contribution >= 4 is 46.1 Å². The van der Waals surface area contributed by atoms with Crippen molar-refractivity contribution in [2.75, 3.05) is 24.5 Å². The number of carbonyl (C=O) groups excluding carboxylic acids is 1. The third-order valence-electron chi connectivity index (χ3n) is 6.67. The predicted molar refractivity (Wildman–Crippen MR) is 142 cm³/mol. The van der Waals surface area contributed by atoms with E-state index in [0.29, 0.717) is 27.3 Å². The molecule has 8 heteroatoms. The number of anilines is 1. The SMILES string of the molecule is Cc1c(/C=C2\SC(=S)N(CCc3ccccc3)C2=O)c(N2CCC(C)CC2)n(C)c(=O)c1C#N. The normalized spacial score (nSPS) is 18.1. The van der Waals surface area contributed by atoms with Gasteiger partial charge in [0.1, 0.15) is 21.8 Å². The molecule has 0 N–H and O–H groups in total. The molecule has 34 heavy (non-hydrogen) atoms. The summed E-state index contributed by atoms with van der Waals surface area (Å²) in [4.78, 5) is 30.6. The molecule has 0 bridgehead atoms. The van der Waals surface area contributed by atoms with E-state index in [1.807, 2.05) is 36.4 Å². The molecule has 0 unspecified atom stereocenters. The molecular formula is C26H28N4O2S2. The van der Waals surface area contributed by atoms with Gasteiger partial charge in [-0.2, -0.15) is 5.26 Å². The van der Waals surface area contributed by atoms with Gasteiger partial charge in [-0.3, -0.25) is 19.1 Å². The first-order valence-electron chi connectivity index (χ1n) is 11.5. The number of thiocarbonyl (C=S) groups is 1. The molecular weight excluding hydrogens is 464 g/mol. The summed E-state index contributed by atoms with van der Waals surface area (Å²) in [6.07, 6.45) is 4.61. The highest BCUT2D eigenvalue weighted by Crippen LogP contribution is 2.36. The maximum Gasteiger partial charge on any atom is 0.270 e. The number of hydrogen-bond donors (Lipinski definition) is 0. The monoisotopic (exact) mass is 492 g/mol. The van der Waals surface area contributed by atoms with Crippen LogP contribution in [0.3, 0.4) is 0 Å². The van der Waals surface area contributed by atoms with Gasteiger partial charge >= 0.3 is 0 Å². The molecule has 1 aromatic carbocycles. The van der Waals surface area contributed by atoms with E-state index in [1.54, 1.807) is 23.4 Å². The molecule has 1 aromatic heterocycles. The summed E-state index contributed by atoms with van der Waals surface area (Å²) >= 11 is 6.81. The number of nitrogens with zero attached hydrogens (tertiary/aromatic N) is 4. The quantitative estimate of drug-likeness (QED) is 0.459. The maximum absolute atomic E-state index is 13.3. The van der Waals surface area contributed by atoms with E-state index in [9.17, 15) is 14.9 Å². The van der Waals surface area contributed by atoms with Crippen LogP contribution in [0.2, 0.25) is 0 Å². The van der Waals surface area contributed by atoms with E-state index >= 15 is 0 Å². The van der Waals surface area contributed by atoms with Crippen LogP contribution >= 0.6 is 24.0 Å². The highest BCUT2D eigenvalue weighted by atomic mass is 32.2. The zero-order valence-electron chi connectivity index (χ0n) is 19.7. The Balaban J connectivity index is 1.71. The van der Waals surface area contributed by atoms with Crippen LogP contribution in [0.25, 0.3) is 6.08 Å². The van der Waals surface area contributed by atoms with Crippen molar-refractivity contribution < 1.29 is 4.79 Å². The largest absolute Gasteiger partial charge is 0.357 e. The zero-order valence-corrected chi connectivity index (χ0v) is 21.3. The average Bonchev–Trinajstić information content (AvgIpc) is 3.10. The van der Waals surface area contributed by atoms with Crippen LogP contribution < -0.4 is 10.5 Å². The summed E-state index contributed by atoms with van der Waals surface area (Å²) in [5, 5.41) is 9.66. The van der Waals surface area contributed by atoms with Crippen molar-refractivity contribution in [3.63, 3.8) is 0 Å². The molecule has 2 fully saturated rings. The minimum atomic E-state index is -0.304. The van der Waals surface area contributed by atoms with Gasteiger partial charge in [0.05, 0.1) is 4.91 Å².